The number of fused-ring (bicyclic) bond motifs is 17. The molecule has 96 heavy (non-hydrogen) atoms. The van der Waals surface area contributed by atoms with Crippen molar-refractivity contribution in [1.82, 2.24) is 0 Å². The van der Waals surface area contributed by atoms with Gasteiger partial charge in [-0.1, -0.05) is 328 Å². The molecule has 0 spiro atoms. The van der Waals surface area contributed by atoms with Crippen molar-refractivity contribution in [2.45, 2.75) is 0 Å². The van der Waals surface area contributed by atoms with Crippen LogP contribution in [-0.2, 0) is 0 Å². The van der Waals surface area contributed by atoms with Crippen molar-refractivity contribution in [3.8, 4) is 66.8 Å². The molecule has 0 aromatic heterocycles. The van der Waals surface area contributed by atoms with E-state index in [1.165, 1.54) is 196 Å². The Morgan fingerprint density at radius 2 is 0.354 bits per heavy atom. The van der Waals surface area contributed by atoms with E-state index < -0.39 is 0 Å². The van der Waals surface area contributed by atoms with Gasteiger partial charge in [-0.2, -0.15) is 0 Å². The van der Waals surface area contributed by atoms with Crippen molar-refractivity contribution in [2.75, 3.05) is 0 Å². The third kappa shape index (κ3) is 9.06. The fourth-order valence-electron chi connectivity index (χ4n) is 16.0. The number of hydrogen-bond donors (Lipinski definition) is 0. The molecule has 0 N–H and O–H groups in total. The lowest BCUT2D eigenvalue weighted by atomic mass is 9.85. The first-order chi connectivity index (χ1) is 47.6. The Morgan fingerprint density at radius 3 is 0.792 bits per heavy atom. The van der Waals surface area contributed by atoms with Crippen LogP contribution < -0.4 is 0 Å². The van der Waals surface area contributed by atoms with Crippen LogP contribution in [0.1, 0.15) is 0 Å². The van der Waals surface area contributed by atoms with Crippen molar-refractivity contribution in [3.05, 3.63) is 364 Å². The van der Waals surface area contributed by atoms with Crippen molar-refractivity contribution < 1.29 is 0 Å². The van der Waals surface area contributed by atoms with Crippen molar-refractivity contribution >= 4 is 129 Å². The molecular weight excluding hydrogens is 1150 g/mol. The van der Waals surface area contributed by atoms with E-state index in [4.69, 9.17) is 0 Å². The van der Waals surface area contributed by atoms with Crippen LogP contribution in [0.4, 0.5) is 0 Å². The molecule has 0 unspecified atom stereocenters. The van der Waals surface area contributed by atoms with Crippen LogP contribution in [-0.4, -0.2) is 0 Å². The first-order valence-electron chi connectivity index (χ1n) is 33.4. The van der Waals surface area contributed by atoms with Gasteiger partial charge in [-0.3, -0.25) is 0 Å². The van der Waals surface area contributed by atoms with Gasteiger partial charge >= 0.3 is 0 Å². The third-order valence-electron chi connectivity index (χ3n) is 20.4. The van der Waals surface area contributed by atoms with Crippen LogP contribution in [0.3, 0.4) is 0 Å². The largest absolute Gasteiger partial charge is 0.0622 e. The van der Waals surface area contributed by atoms with Crippen molar-refractivity contribution in [3.63, 3.8) is 0 Å². The summed E-state index contributed by atoms with van der Waals surface area (Å²) < 4.78 is 0. The smallest absolute Gasteiger partial charge is 0.00262 e. The highest BCUT2D eigenvalue weighted by atomic mass is 14.2. The monoisotopic (exact) mass is 1210 g/mol. The highest BCUT2D eigenvalue weighted by Gasteiger charge is 2.20. The third-order valence-corrected chi connectivity index (χ3v) is 20.4. The van der Waals surface area contributed by atoms with Gasteiger partial charge in [-0.15, -0.1) is 0 Å². The summed E-state index contributed by atoms with van der Waals surface area (Å²) in [5, 5.41) is 30.8. The Bertz CT molecular complexity index is 6400. The molecule has 0 aliphatic rings. The molecule has 0 atom stereocenters. The molecule has 0 amide bonds. The summed E-state index contributed by atoms with van der Waals surface area (Å²) in [6.07, 6.45) is 0. The van der Waals surface area contributed by atoms with E-state index >= 15 is 0 Å². The number of benzene rings is 20. The van der Waals surface area contributed by atoms with Crippen LogP contribution >= 0.6 is 0 Å². The van der Waals surface area contributed by atoms with Crippen LogP contribution in [0.2, 0.25) is 0 Å². The van der Waals surface area contributed by atoms with E-state index in [1.54, 1.807) is 0 Å². The Kier molecular flexibility index (Phi) is 13.0. The van der Waals surface area contributed by atoms with Gasteiger partial charge in [0, 0.05) is 0 Å². The molecule has 0 radical (unpaired) electrons. The molecular formula is C96H60. The van der Waals surface area contributed by atoms with E-state index in [0.29, 0.717) is 0 Å². The average molecular weight is 1210 g/mol. The molecule has 0 saturated carbocycles. The quantitative estimate of drug-likeness (QED) is 0.115. The second-order valence-corrected chi connectivity index (χ2v) is 25.7. The Labute approximate surface area is 556 Å². The summed E-state index contributed by atoms with van der Waals surface area (Å²) in [7, 11) is 0. The second kappa shape index (κ2) is 22.7. The van der Waals surface area contributed by atoms with Gasteiger partial charge in [0.15, 0.2) is 0 Å². The average Bonchev–Trinajstić information content (AvgIpc) is 0.760. The Balaban J connectivity index is 0.000000135. The lowest BCUT2D eigenvalue weighted by Crippen LogP contribution is -1.91. The first kappa shape index (κ1) is 55.2. The molecule has 0 aliphatic heterocycles. The zero-order chi connectivity index (χ0) is 63.2. The van der Waals surface area contributed by atoms with Gasteiger partial charge < -0.3 is 0 Å². The maximum atomic E-state index is 2.40. The van der Waals surface area contributed by atoms with Gasteiger partial charge in [0.25, 0.3) is 0 Å². The minimum Gasteiger partial charge on any atom is -0.0622 e. The fraction of sp³-hybridized carbons (Fsp3) is 0. The van der Waals surface area contributed by atoms with Crippen LogP contribution in [0.5, 0.6) is 0 Å². The Morgan fingerprint density at radius 1 is 0.104 bits per heavy atom. The van der Waals surface area contributed by atoms with Gasteiger partial charge in [0.2, 0.25) is 0 Å². The molecule has 20 rings (SSSR count). The van der Waals surface area contributed by atoms with Crippen LogP contribution in [0, 0.1) is 0 Å². The van der Waals surface area contributed by atoms with E-state index in [2.05, 4.69) is 364 Å². The maximum absolute atomic E-state index is 2.40. The van der Waals surface area contributed by atoms with Gasteiger partial charge in [-0.25, -0.2) is 0 Å². The minimum atomic E-state index is 1.23. The zero-order valence-electron chi connectivity index (χ0n) is 52.6. The zero-order valence-corrected chi connectivity index (χ0v) is 52.6. The number of hydrogen-bond acceptors (Lipinski definition) is 0. The van der Waals surface area contributed by atoms with Crippen molar-refractivity contribution in [1.29, 1.82) is 0 Å². The van der Waals surface area contributed by atoms with Crippen molar-refractivity contribution in [2.24, 2.45) is 0 Å². The normalized spacial score (nSPS) is 11.8. The minimum absolute atomic E-state index is 1.23. The lowest BCUT2D eigenvalue weighted by molar-refractivity contribution is 1.66. The fourth-order valence-corrected chi connectivity index (χ4v) is 16.0. The summed E-state index contributed by atoms with van der Waals surface area (Å²) in [6, 6.07) is 134. The Hall–Kier alpha value is -12.5. The highest BCUT2D eigenvalue weighted by molar-refractivity contribution is 6.27. The van der Waals surface area contributed by atoms with Gasteiger partial charge in [-0.05, 0) is 232 Å². The standard InChI is InChI=1S/2C48H30/c1-2-13-32(14-3-1)47-41-18-8-10-20-43(41)48(44-21-11-9-19-42(44)47)36-25-23-33-28-35(24-22-34(33)29-36)45-30-46-37-15-5-4-12-31(37)26-27-40(46)38-16-6-7-17-39(38)45;1-2-12-31(13-3-1)47-42-18-8-10-20-44(42)48(45-21-11-9-19-43(45)47)36-25-24-32-28-33(22-23-34(32)29-36)35-26-27-41-39-16-5-4-14-37(39)38-15-6-7-17-40(38)46(41)30-35/h2*1-30H. The molecule has 0 heteroatoms. The predicted octanol–water partition coefficient (Wildman–Crippen LogP) is 27.2. The molecule has 0 bridgehead atoms. The molecule has 0 fully saturated rings. The molecule has 0 aliphatic carbocycles. The highest BCUT2D eigenvalue weighted by Crippen LogP contribution is 2.48. The molecule has 444 valence electrons. The second-order valence-electron chi connectivity index (χ2n) is 25.7. The number of rotatable bonds is 6. The summed E-state index contributed by atoms with van der Waals surface area (Å²) in [6.45, 7) is 0. The van der Waals surface area contributed by atoms with Crippen LogP contribution in [0.15, 0.2) is 364 Å². The summed E-state index contributed by atoms with van der Waals surface area (Å²) in [5.41, 5.74) is 15.1. The van der Waals surface area contributed by atoms with E-state index in [9.17, 15) is 0 Å². The SMILES string of the molecule is c1ccc(-c2c3ccccc3c(-c3ccc4cc(-c5cc6c7ccccc7ccc6c6ccccc56)ccc4c3)c3ccccc23)cc1.c1ccc(-c2c3ccccc3c(-c3ccc4cc(-c5ccc6c7ccccc7c7ccccc7c6c5)ccc4c3)c3ccccc23)cc1. The lowest BCUT2D eigenvalue weighted by Gasteiger charge is -2.18. The van der Waals surface area contributed by atoms with E-state index in [-0.39, 0.29) is 0 Å². The molecule has 0 nitrogen and oxygen atoms in total. The first-order valence-corrected chi connectivity index (χ1v) is 33.4. The molecule has 0 saturated heterocycles. The van der Waals surface area contributed by atoms with Crippen LogP contribution in [0.25, 0.3) is 196 Å². The van der Waals surface area contributed by atoms with E-state index in [0.717, 1.165) is 0 Å². The summed E-state index contributed by atoms with van der Waals surface area (Å²) in [5.74, 6) is 0. The molecule has 20 aromatic rings. The van der Waals surface area contributed by atoms with Gasteiger partial charge in [0.05, 0.1) is 0 Å². The predicted molar refractivity (Wildman–Crippen MR) is 416 cm³/mol. The van der Waals surface area contributed by atoms with E-state index in [1.807, 2.05) is 0 Å². The molecule has 0 heterocycles. The summed E-state index contributed by atoms with van der Waals surface area (Å²) in [4.78, 5) is 0. The van der Waals surface area contributed by atoms with Gasteiger partial charge in [0.1, 0.15) is 0 Å². The topological polar surface area (TPSA) is 0 Å². The maximum Gasteiger partial charge on any atom is -0.00262 e. The molecule has 20 aromatic carbocycles. The summed E-state index contributed by atoms with van der Waals surface area (Å²) >= 11 is 0.